The smallest absolute Gasteiger partial charge is 0.169 e. The Hall–Kier alpha value is -0.390. The molecule has 108 valence electrons. The van der Waals surface area contributed by atoms with Gasteiger partial charge < -0.3 is 15.3 Å². The zero-order valence-electron chi connectivity index (χ0n) is 11.6. The summed E-state index contributed by atoms with van der Waals surface area (Å²) in [5, 5.41) is 13.5. The highest BCUT2D eigenvalue weighted by molar-refractivity contribution is 7.80. The Morgan fingerprint density at radius 1 is 1.16 bits per heavy atom. The van der Waals surface area contributed by atoms with Gasteiger partial charge in [-0.15, -0.1) is 0 Å². The van der Waals surface area contributed by atoms with Gasteiger partial charge in [0, 0.05) is 38.8 Å². The van der Waals surface area contributed by atoms with Gasteiger partial charge in [-0.3, -0.25) is 4.90 Å². The van der Waals surface area contributed by atoms with Crippen LogP contribution < -0.4 is 5.32 Å². The van der Waals surface area contributed by atoms with E-state index in [9.17, 15) is 0 Å². The van der Waals surface area contributed by atoms with Gasteiger partial charge >= 0.3 is 0 Å². The second kappa shape index (κ2) is 5.94. The maximum absolute atomic E-state index is 8.95. The molecule has 1 aliphatic heterocycles. The lowest BCUT2D eigenvalue weighted by molar-refractivity contribution is 0.146. The van der Waals surface area contributed by atoms with Gasteiger partial charge in [0.1, 0.15) is 0 Å². The topological polar surface area (TPSA) is 38.7 Å². The molecule has 3 rings (SSSR count). The SMILES string of the molecule is OCCN1CCN(C(=S)N[C@H]2C[C@H]3CC[C@@H]2C3)CC1. The predicted octanol–water partition coefficient (Wildman–Crippen LogP) is 0.659. The average molecular weight is 283 g/mol. The van der Waals surface area contributed by atoms with Crippen LogP contribution in [-0.4, -0.2) is 65.4 Å². The minimum Gasteiger partial charge on any atom is -0.395 e. The van der Waals surface area contributed by atoms with Crippen LogP contribution in [0.3, 0.4) is 0 Å². The van der Waals surface area contributed by atoms with E-state index in [-0.39, 0.29) is 6.61 Å². The Labute approximate surface area is 121 Å². The zero-order chi connectivity index (χ0) is 13.2. The normalized spacial score (nSPS) is 34.8. The predicted molar refractivity (Wildman–Crippen MR) is 80.1 cm³/mol. The van der Waals surface area contributed by atoms with Crippen LogP contribution in [0.5, 0.6) is 0 Å². The number of rotatable bonds is 3. The van der Waals surface area contributed by atoms with Gasteiger partial charge in [0.25, 0.3) is 0 Å². The maximum Gasteiger partial charge on any atom is 0.169 e. The van der Waals surface area contributed by atoms with Crippen molar-refractivity contribution in [3.63, 3.8) is 0 Å². The molecular formula is C14H25N3OS. The Morgan fingerprint density at radius 3 is 2.53 bits per heavy atom. The number of nitrogens with one attached hydrogen (secondary N) is 1. The van der Waals surface area contributed by atoms with Crippen LogP contribution in [-0.2, 0) is 0 Å². The number of nitrogens with zero attached hydrogens (tertiary/aromatic N) is 2. The number of fused-ring (bicyclic) bond motifs is 2. The first-order valence-corrected chi connectivity index (χ1v) is 8.05. The number of piperazine rings is 1. The van der Waals surface area contributed by atoms with E-state index >= 15 is 0 Å². The molecule has 1 heterocycles. The zero-order valence-corrected chi connectivity index (χ0v) is 12.4. The number of aliphatic hydroxyl groups is 1. The molecule has 2 saturated carbocycles. The van der Waals surface area contributed by atoms with E-state index in [2.05, 4.69) is 15.1 Å². The highest BCUT2D eigenvalue weighted by Crippen LogP contribution is 2.44. The molecule has 5 heteroatoms. The van der Waals surface area contributed by atoms with Crippen LogP contribution >= 0.6 is 12.2 Å². The van der Waals surface area contributed by atoms with Crippen LogP contribution in [0.4, 0.5) is 0 Å². The van der Waals surface area contributed by atoms with E-state index in [4.69, 9.17) is 17.3 Å². The molecule has 4 nitrogen and oxygen atoms in total. The van der Waals surface area contributed by atoms with Gasteiger partial charge in [0.2, 0.25) is 0 Å². The van der Waals surface area contributed by atoms with E-state index in [0.717, 1.165) is 49.7 Å². The summed E-state index contributed by atoms with van der Waals surface area (Å²) in [5.41, 5.74) is 0. The van der Waals surface area contributed by atoms with Crippen molar-refractivity contribution in [2.24, 2.45) is 11.8 Å². The van der Waals surface area contributed by atoms with Crippen LogP contribution in [0.25, 0.3) is 0 Å². The molecule has 0 amide bonds. The quantitative estimate of drug-likeness (QED) is 0.745. The molecule has 0 aromatic rings. The summed E-state index contributed by atoms with van der Waals surface area (Å²) >= 11 is 5.58. The lowest BCUT2D eigenvalue weighted by atomic mass is 9.95. The number of aliphatic hydroxyl groups excluding tert-OH is 1. The van der Waals surface area contributed by atoms with Crippen molar-refractivity contribution in [2.45, 2.75) is 31.7 Å². The summed E-state index contributed by atoms with van der Waals surface area (Å²) in [6.45, 7) is 5.06. The molecule has 3 aliphatic rings. The van der Waals surface area contributed by atoms with Crippen LogP contribution in [0.2, 0.25) is 0 Å². The lowest BCUT2D eigenvalue weighted by Crippen LogP contribution is -2.54. The van der Waals surface area contributed by atoms with E-state index < -0.39 is 0 Å². The highest BCUT2D eigenvalue weighted by atomic mass is 32.1. The Morgan fingerprint density at radius 2 is 1.95 bits per heavy atom. The van der Waals surface area contributed by atoms with Crippen molar-refractivity contribution in [1.29, 1.82) is 0 Å². The molecule has 3 fully saturated rings. The first kappa shape index (κ1) is 13.6. The Kier molecular flexibility index (Phi) is 4.24. The van der Waals surface area contributed by atoms with Gasteiger partial charge in [-0.05, 0) is 43.3 Å². The summed E-state index contributed by atoms with van der Waals surface area (Å²) < 4.78 is 0. The van der Waals surface area contributed by atoms with Gasteiger partial charge in [0.05, 0.1) is 6.61 Å². The van der Waals surface area contributed by atoms with Crippen LogP contribution in [0.15, 0.2) is 0 Å². The fourth-order valence-corrected chi connectivity index (χ4v) is 4.32. The average Bonchev–Trinajstić information content (AvgIpc) is 3.02. The van der Waals surface area contributed by atoms with Crippen molar-refractivity contribution in [3.05, 3.63) is 0 Å². The third-order valence-corrected chi connectivity index (χ3v) is 5.50. The van der Waals surface area contributed by atoms with Crippen molar-refractivity contribution < 1.29 is 5.11 Å². The molecule has 1 saturated heterocycles. The van der Waals surface area contributed by atoms with E-state index in [1.54, 1.807) is 0 Å². The minimum atomic E-state index is 0.258. The molecule has 0 spiro atoms. The molecular weight excluding hydrogens is 258 g/mol. The number of β-amino-alcohol motifs (C(OH)–C–C–N with tert-alkyl or cyclic N) is 1. The maximum atomic E-state index is 8.95. The number of thiocarbonyl (C=S) groups is 1. The number of hydrogen-bond donors (Lipinski definition) is 2. The van der Waals surface area contributed by atoms with Crippen LogP contribution in [0.1, 0.15) is 25.7 Å². The van der Waals surface area contributed by atoms with Crippen molar-refractivity contribution in [1.82, 2.24) is 15.1 Å². The van der Waals surface area contributed by atoms with Crippen LogP contribution in [0, 0.1) is 11.8 Å². The minimum absolute atomic E-state index is 0.258. The molecule has 0 unspecified atom stereocenters. The summed E-state index contributed by atoms with van der Waals surface area (Å²) in [6, 6.07) is 0.640. The molecule has 2 N–H and O–H groups in total. The largest absolute Gasteiger partial charge is 0.395 e. The molecule has 0 aromatic heterocycles. The summed E-state index contributed by atoms with van der Waals surface area (Å²) in [6.07, 6.45) is 5.59. The number of hydrogen-bond acceptors (Lipinski definition) is 3. The second-order valence-corrected chi connectivity index (χ2v) is 6.67. The van der Waals surface area contributed by atoms with Crippen molar-refractivity contribution in [3.8, 4) is 0 Å². The fraction of sp³-hybridized carbons (Fsp3) is 0.929. The van der Waals surface area contributed by atoms with Crippen molar-refractivity contribution >= 4 is 17.3 Å². The first-order valence-electron chi connectivity index (χ1n) is 7.65. The van der Waals surface area contributed by atoms with Gasteiger partial charge in [-0.1, -0.05) is 6.42 Å². The molecule has 19 heavy (non-hydrogen) atoms. The Balaban J connectivity index is 1.44. The summed E-state index contributed by atoms with van der Waals surface area (Å²) in [4.78, 5) is 4.60. The van der Waals surface area contributed by atoms with E-state index in [1.807, 2.05) is 0 Å². The van der Waals surface area contributed by atoms with Gasteiger partial charge in [0.15, 0.2) is 5.11 Å². The van der Waals surface area contributed by atoms with Crippen molar-refractivity contribution in [2.75, 3.05) is 39.3 Å². The first-order chi connectivity index (χ1) is 9.26. The van der Waals surface area contributed by atoms with Gasteiger partial charge in [-0.25, -0.2) is 0 Å². The third kappa shape index (κ3) is 3.03. The molecule has 2 bridgehead atoms. The fourth-order valence-electron chi connectivity index (χ4n) is 3.99. The standard InChI is InChI=1S/C14H25N3OS/c18-8-7-16-3-5-17(6-4-16)14(19)15-13-10-11-1-2-12(13)9-11/h11-13,18H,1-10H2,(H,15,19)/t11-,12+,13-/m0/s1. The summed E-state index contributed by atoms with van der Waals surface area (Å²) in [5.74, 6) is 1.84. The monoisotopic (exact) mass is 283 g/mol. The Bertz CT molecular complexity index is 331. The summed E-state index contributed by atoms with van der Waals surface area (Å²) in [7, 11) is 0. The molecule has 3 atom stereocenters. The highest BCUT2D eigenvalue weighted by Gasteiger charge is 2.40. The third-order valence-electron chi connectivity index (χ3n) is 5.12. The lowest BCUT2D eigenvalue weighted by Gasteiger charge is -2.37. The van der Waals surface area contributed by atoms with Gasteiger partial charge in [-0.2, -0.15) is 0 Å². The second-order valence-electron chi connectivity index (χ2n) is 6.28. The van der Waals surface area contributed by atoms with E-state index in [1.165, 1.54) is 25.7 Å². The molecule has 0 aromatic carbocycles. The molecule has 0 radical (unpaired) electrons. The van der Waals surface area contributed by atoms with E-state index in [0.29, 0.717) is 6.04 Å². The molecule has 2 aliphatic carbocycles.